The summed E-state index contributed by atoms with van der Waals surface area (Å²) in [6.07, 6.45) is 3.66. The topological polar surface area (TPSA) is 56.0 Å². The first kappa shape index (κ1) is 8.62. The molecule has 2 heterocycles. The molecule has 0 aliphatic carbocycles. The quantitative estimate of drug-likeness (QED) is 0.675. The Kier molecular flexibility index (Phi) is 2.10. The average Bonchev–Trinajstić information content (AvgIpc) is 2.66. The van der Waals surface area contributed by atoms with E-state index in [2.05, 4.69) is 9.97 Å². The predicted octanol–water partition coefficient (Wildman–Crippen LogP) is 1.86. The second kappa shape index (κ2) is 3.41. The first-order valence-corrected chi connectivity index (χ1v) is 4.13. The molecule has 0 atom stereocenters. The number of hydrogen-bond donors (Lipinski definition) is 0. The monoisotopic (exact) mass is 188 g/mol. The number of carbonyl (C=O) groups is 1. The number of pyridine rings is 1. The number of carbonyl (C=O) groups excluding carboxylic acids is 1. The van der Waals surface area contributed by atoms with Crippen LogP contribution in [-0.4, -0.2) is 16.3 Å². The molecule has 0 saturated carbocycles. The minimum absolute atomic E-state index is 0.300. The van der Waals surface area contributed by atoms with Crippen molar-refractivity contribution >= 4 is 6.29 Å². The Labute approximate surface area is 80.6 Å². The molecule has 14 heavy (non-hydrogen) atoms. The van der Waals surface area contributed by atoms with Crippen LogP contribution >= 0.6 is 0 Å². The third kappa shape index (κ3) is 1.54. The van der Waals surface area contributed by atoms with Crippen molar-refractivity contribution in [1.29, 1.82) is 0 Å². The molecule has 0 aliphatic heterocycles. The largest absolute Gasteiger partial charge is 0.444 e. The Balaban J connectivity index is 2.43. The van der Waals surface area contributed by atoms with Gasteiger partial charge in [-0.15, -0.1) is 0 Å². The van der Waals surface area contributed by atoms with Crippen LogP contribution in [0.5, 0.6) is 0 Å². The molecule has 0 aliphatic rings. The van der Waals surface area contributed by atoms with Gasteiger partial charge in [-0.1, -0.05) is 0 Å². The summed E-state index contributed by atoms with van der Waals surface area (Å²) in [6, 6.07) is 3.63. The van der Waals surface area contributed by atoms with E-state index in [0.29, 0.717) is 17.9 Å². The van der Waals surface area contributed by atoms with Gasteiger partial charge in [-0.2, -0.15) is 0 Å². The Bertz CT molecular complexity index is 463. The lowest BCUT2D eigenvalue weighted by Gasteiger charge is -1.95. The van der Waals surface area contributed by atoms with E-state index in [4.69, 9.17) is 4.42 Å². The fourth-order valence-electron chi connectivity index (χ4n) is 1.15. The molecule has 2 aromatic heterocycles. The first-order chi connectivity index (χ1) is 6.79. The maximum Gasteiger partial charge on any atom is 0.226 e. The fraction of sp³-hybridized carbons (Fsp3) is 0.100. The molecule has 0 amide bonds. The van der Waals surface area contributed by atoms with Crippen LogP contribution in [0.2, 0.25) is 0 Å². The van der Waals surface area contributed by atoms with Gasteiger partial charge in [0, 0.05) is 17.5 Å². The molecule has 0 unspecified atom stereocenters. The van der Waals surface area contributed by atoms with Crippen molar-refractivity contribution in [2.45, 2.75) is 6.92 Å². The number of aromatic nitrogens is 2. The Morgan fingerprint density at radius 1 is 1.50 bits per heavy atom. The Morgan fingerprint density at radius 3 is 3.00 bits per heavy atom. The molecule has 4 heteroatoms. The Hall–Kier alpha value is -1.97. The lowest BCUT2D eigenvalue weighted by molar-refractivity contribution is 0.111. The number of aldehydes is 1. The van der Waals surface area contributed by atoms with Gasteiger partial charge in [0.15, 0.2) is 6.29 Å². The summed E-state index contributed by atoms with van der Waals surface area (Å²) in [5, 5.41) is 0. The fourth-order valence-corrected chi connectivity index (χ4v) is 1.15. The molecule has 0 radical (unpaired) electrons. The molecule has 0 saturated heterocycles. The van der Waals surface area contributed by atoms with Crippen molar-refractivity contribution in [3.63, 3.8) is 0 Å². The molecule has 0 fully saturated rings. The van der Waals surface area contributed by atoms with Crippen LogP contribution in [0.3, 0.4) is 0 Å². The predicted molar refractivity (Wildman–Crippen MR) is 49.9 cm³/mol. The molecular formula is C10H8N2O2. The first-order valence-electron chi connectivity index (χ1n) is 4.13. The third-order valence-corrected chi connectivity index (χ3v) is 1.79. The van der Waals surface area contributed by atoms with E-state index in [-0.39, 0.29) is 0 Å². The van der Waals surface area contributed by atoms with Gasteiger partial charge in [-0.25, -0.2) is 4.98 Å². The molecular weight excluding hydrogens is 180 g/mol. The molecule has 2 aromatic rings. The lowest BCUT2D eigenvalue weighted by atomic mass is 10.2. The summed E-state index contributed by atoms with van der Waals surface area (Å²) in [6.45, 7) is 1.88. The second-order valence-corrected chi connectivity index (χ2v) is 2.88. The number of nitrogens with zero attached hydrogens (tertiary/aromatic N) is 2. The molecule has 4 nitrogen and oxygen atoms in total. The Morgan fingerprint density at radius 2 is 2.36 bits per heavy atom. The maximum absolute atomic E-state index is 10.4. The minimum atomic E-state index is 0.300. The third-order valence-electron chi connectivity index (χ3n) is 1.79. The van der Waals surface area contributed by atoms with Crippen molar-refractivity contribution in [2.24, 2.45) is 0 Å². The van der Waals surface area contributed by atoms with Crippen LogP contribution in [0.1, 0.15) is 16.2 Å². The second-order valence-electron chi connectivity index (χ2n) is 2.88. The molecule has 0 spiro atoms. The molecule has 0 bridgehead atoms. The van der Waals surface area contributed by atoms with Crippen molar-refractivity contribution in [3.8, 4) is 11.5 Å². The van der Waals surface area contributed by atoms with Crippen LogP contribution in [0, 0.1) is 6.92 Å². The van der Waals surface area contributed by atoms with Gasteiger partial charge >= 0.3 is 0 Å². The minimum Gasteiger partial charge on any atom is -0.444 e. The van der Waals surface area contributed by atoms with E-state index in [1.165, 1.54) is 6.26 Å². The summed E-state index contributed by atoms with van der Waals surface area (Å²) < 4.78 is 5.13. The smallest absolute Gasteiger partial charge is 0.226 e. The van der Waals surface area contributed by atoms with Gasteiger partial charge < -0.3 is 4.42 Å². The summed E-state index contributed by atoms with van der Waals surface area (Å²) in [7, 11) is 0. The van der Waals surface area contributed by atoms with Gasteiger partial charge in [0.05, 0.1) is 0 Å². The van der Waals surface area contributed by atoms with Gasteiger partial charge in [0.25, 0.3) is 0 Å². The number of oxazole rings is 1. The highest BCUT2D eigenvalue weighted by molar-refractivity contribution is 5.72. The van der Waals surface area contributed by atoms with Crippen molar-refractivity contribution < 1.29 is 9.21 Å². The zero-order valence-corrected chi connectivity index (χ0v) is 7.60. The normalized spacial score (nSPS) is 10.1. The summed E-state index contributed by atoms with van der Waals surface area (Å²) >= 11 is 0. The molecule has 0 N–H and O–H groups in total. The van der Waals surface area contributed by atoms with E-state index in [9.17, 15) is 4.79 Å². The van der Waals surface area contributed by atoms with Crippen molar-refractivity contribution in [3.05, 3.63) is 36.0 Å². The average molecular weight is 188 g/mol. The molecule has 70 valence electrons. The van der Waals surface area contributed by atoms with E-state index in [0.717, 1.165) is 11.3 Å². The van der Waals surface area contributed by atoms with Gasteiger partial charge in [-0.05, 0) is 19.1 Å². The van der Waals surface area contributed by atoms with Gasteiger partial charge in [0.2, 0.25) is 5.89 Å². The van der Waals surface area contributed by atoms with E-state index in [1.807, 2.05) is 13.0 Å². The zero-order valence-electron chi connectivity index (χ0n) is 7.60. The van der Waals surface area contributed by atoms with Crippen LogP contribution in [-0.2, 0) is 0 Å². The maximum atomic E-state index is 10.4. The molecule has 2 rings (SSSR count). The van der Waals surface area contributed by atoms with Crippen LogP contribution < -0.4 is 0 Å². The van der Waals surface area contributed by atoms with E-state index < -0.39 is 0 Å². The summed E-state index contributed by atoms with van der Waals surface area (Å²) in [5.74, 6) is 0.442. The molecule has 0 aromatic carbocycles. The standard InChI is InChI=1S/C10H8N2O2/c1-7-4-8(2-3-11-7)10-12-9(5-13)6-14-10/h2-6H,1H3. The summed E-state index contributed by atoms with van der Waals surface area (Å²) in [4.78, 5) is 18.4. The van der Waals surface area contributed by atoms with Crippen LogP contribution in [0.25, 0.3) is 11.5 Å². The lowest BCUT2D eigenvalue weighted by Crippen LogP contribution is -1.84. The van der Waals surface area contributed by atoms with Crippen molar-refractivity contribution in [2.75, 3.05) is 0 Å². The number of rotatable bonds is 2. The number of aryl methyl sites for hydroxylation is 1. The van der Waals surface area contributed by atoms with Crippen LogP contribution in [0.15, 0.2) is 29.0 Å². The van der Waals surface area contributed by atoms with E-state index in [1.54, 1.807) is 12.3 Å². The van der Waals surface area contributed by atoms with Gasteiger partial charge in [0.1, 0.15) is 12.0 Å². The SMILES string of the molecule is Cc1cc(-c2nc(C=O)co2)ccn1. The van der Waals surface area contributed by atoms with Gasteiger partial charge in [-0.3, -0.25) is 9.78 Å². The van der Waals surface area contributed by atoms with Crippen molar-refractivity contribution in [1.82, 2.24) is 9.97 Å². The number of hydrogen-bond acceptors (Lipinski definition) is 4. The van der Waals surface area contributed by atoms with E-state index >= 15 is 0 Å². The highest BCUT2D eigenvalue weighted by Gasteiger charge is 2.05. The zero-order chi connectivity index (χ0) is 9.97. The highest BCUT2D eigenvalue weighted by atomic mass is 16.3. The van der Waals surface area contributed by atoms with Crippen LogP contribution in [0.4, 0.5) is 0 Å². The summed E-state index contributed by atoms with van der Waals surface area (Å²) in [5.41, 5.74) is 2.01. The highest BCUT2D eigenvalue weighted by Crippen LogP contribution is 2.17.